The minimum Gasteiger partial charge on any atom is -0.383 e. The Kier molecular flexibility index (Phi) is 3.80. The number of thiazole rings is 1. The molecule has 1 aliphatic rings. The first-order valence-corrected chi connectivity index (χ1v) is 7.47. The molecular formula is C15H18N2OS. The second-order valence-corrected chi connectivity index (χ2v) is 5.88. The van der Waals surface area contributed by atoms with Crippen LogP contribution in [0, 0.1) is 0 Å². The molecule has 1 saturated carbocycles. The van der Waals surface area contributed by atoms with Gasteiger partial charge in [-0.05, 0) is 29.9 Å². The van der Waals surface area contributed by atoms with Gasteiger partial charge in [-0.25, -0.2) is 4.98 Å². The van der Waals surface area contributed by atoms with Crippen LogP contribution >= 0.6 is 11.3 Å². The fraction of sp³-hybridized carbons (Fsp3) is 0.400. The minimum atomic E-state index is 0.699. The zero-order valence-electron chi connectivity index (χ0n) is 11.1. The highest BCUT2D eigenvalue weighted by Crippen LogP contribution is 2.40. The van der Waals surface area contributed by atoms with Crippen LogP contribution in [0.25, 0.3) is 10.4 Å². The lowest BCUT2D eigenvalue weighted by atomic mass is 10.1. The third-order valence-corrected chi connectivity index (χ3v) is 4.34. The summed E-state index contributed by atoms with van der Waals surface area (Å²) in [4.78, 5) is 5.60. The lowest BCUT2D eigenvalue weighted by molar-refractivity contribution is 0.211. The number of nitrogens with one attached hydrogen (secondary N) is 1. The van der Waals surface area contributed by atoms with E-state index < -0.39 is 0 Å². The van der Waals surface area contributed by atoms with E-state index in [1.807, 2.05) is 6.20 Å². The predicted molar refractivity (Wildman–Crippen MR) is 79.9 cm³/mol. The van der Waals surface area contributed by atoms with Gasteiger partial charge in [0.25, 0.3) is 0 Å². The quantitative estimate of drug-likeness (QED) is 0.815. The molecule has 3 rings (SSSR count). The summed E-state index contributed by atoms with van der Waals surface area (Å²) in [6, 6.07) is 8.93. The van der Waals surface area contributed by atoms with Crippen LogP contribution in [0.15, 0.2) is 30.5 Å². The highest BCUT2D eigenvalue weighted by Gasteiger charge is 2.23. The number of ether oxygens (including phenoxy) is 1. The molecule has 1 aromatic heterocycles. The maximum atomic E-state index is 5.01. The minimum absolute atomic E-state index is 0.699. The monoisotopic (exact) mass is 274 g/mol. The van der Waals surface area contributed by atoms with Gasteiger partial charge in [-0.2, -0.15) is 0 Å². The predicted octanol–water partition coefficient (Wildman–Crippen LogP) is 3.75. The largest absolute Gasteiger partial charge is 0.383 e. The topological polar surface area (TPSA) is 34.1 Å². The van der Waals surface area contributed by atoms with Crippen molar-refractivity contribution >= 4 is 16.5 Å². The zero-order valence-corrected chi connectivity index (χ0v) is 11.9. The lowest BCUT2D eigenvalue weighted by Gasteiger charge is -2.01. The van der Waals surface area contributed by atoms with Crippen molar-refractivity contribution in [3.05, 3.63) is 36.0 Å². The van der Waals surface area contributed by atoms with Gasteiger partial charge in [-0.3, -0.25) is 0 Å². The van der Waals surface area contributed by atoms with E-state index >= 15 is 0 Å². The van der Waals surface area contributed by atoms with Gasteiger partial charge < -0.3 is 10.1 Å². The average Bonchev–Trinajstić information content (AvgIpc) is 3.19. The summed E-state index contributed by atoms with van der Waals surface area (Å²) >= 11 is 1.69. The summed E-state index contributed by atoms with van der Waals surface area (Å²) in [5.74, 6) is 0.821. The summed E-state index contributed by atoms with van der Waals surface area (Å²) in [6.45, 7) is 1.50. The summed E-state index contributed by atoms with van der Waals surface area (Å²) in [6.07, 6.45) is 4.65. The molecule has 2 aromatic rings. The van der Waals surface area contributed by atoms with Crippen molar-refractivity contribution in [1.29, 1.82) is 0 Å². The van der Waals surface area contributed by atoms with Gasteiger partial charge in [0.1, 0.15) is 0 Å². The van der Waals surface area contributed by atoms with Crippen molar-refractivity contribution < 1.29 is 4.74 Å². The highest BCUT2D eigenvalue weighted by molar-refractivity contribution is 7.18. The Balaban J connectivity index is 1.67. The molecule has 0 unspecified atom stereocenters. The van der Waals surface area contributed by atoms with Crippen LogP contribution in [0.4, 0.5) is 5.13 Å². The van der Waals surface area contributed by atoms with Crippen molar-refractivity contribution in [3.8, 4) is 10.4 Å². The van der Waals surface area contributed by atoms with E-state index in [0.29, 0.717) is 6.61 Å². The van der Waals surface area contributed by atoms with Crippen molar-refractivity contribution in [2.24, 2.45) is 0 Å². The molecule has 19 heavy (non-hydrogen) atoms. The van der Waals surface area contributed by atoms with Crippen LogP contribution in [0.3, 0.4) is 0 Å². The Morgan fingerprint density at radius 2 is 2.11 bits per heavy atom. The molecule has 1 aromatic carbocycles. The van der Waals surface area contributed by atoms with Crippen LogP contribution < -0.4 is 5.32 Å². The van der Waals surface area contributed by atoms with Crippen molar-refractivity contribution in [1.82, 2.24) is 4.98 Å². The number of rotatable bonds is 6. The normalized spacial score (nSPS) is 14.6. The first-order chi connectivity index (χ1) is 9.36. The number of aromatic nitrogens is 1. The maximum absolute atomic E-state index is 5.01. The Morgan fingerprint density at radius 1 is 1.32 bits per heavy atom. The van der Waals surface area contributed by atoms with Gasteiger partial charge in [0.2, 0.25) is 0 Å². The van der Waals surface area contributed by atoms with Gasteiger partial charge in [-0.15, -0.1) is 0 Å². The molecule has 100 valence electrons. The molecule has 1 fully saturated rings. The van der Waals surface area contributed by atoms with E-state index in [9.17, 15) is 0 Å². The molecule has 0 saturated heterocycles. The molecule has 0 aliphatic heterocycles. The van der Waals surface area contributed by atoms with E-state index in [-0.39, 0.29) is 0 Å². The summed E-state index contributed by atoms with van der Waals surface area (Å²) in [5.41, 5.74) is 2.73. The molecular weight excluding hydrogens is 256 g/mol. The second kappa shape index (κ2) is 5.72. The first-order valence-electron chi connectivity index (χ1n) is 6.66. The van der Waals surface area contributed by atoms with Crippen LogP contribution in [-0.4, -0.2) is 25.2 Å². The Hall–Kier alpha value is -1.39. The molecule has 0 spiro atoms. The zero-order chi connectivity index (χ0) is 13.1. The summed E-state index contributed by atoms with van der Waals surface area (Å²) in [7, 11) is 1.70. The van der Waals surface area contributed by atoms with Crippen LogP contribution in [0.1, 0.15) is 24.3 Å². The molecule has 0 bridgehead atoms. The number of hydrogen-bond acceptors (Lipinski definition) is 4. The summed E-state index contributed by atoms with van der Waals surface area (Å²) < 4.78 is 5.01. The van der Waals surface area contributed by atoms with E-state index in [4.69, 9.17) is 4.74 Å². The SMILES string of the molecule is COCCNc1ncc(-c2ccc(C3CC3)cc2)s1. The second-order valence-electron chi connectivity index (χ2n) is 4.85. The highest BCUT2D eigenvalue weighted by atomic mass is 32.1. The van der Waals surface area contributed by atoms with Gasteiger partial charge in [0, 0.05) is 19.9 Å². The average molecular weight is 274 g/mol. The molecule has 0 radical (unpaired) electrons. The lowest BCUT2D eigenvalue weighted by Crippen LogP contribution is -2.06. The molecule has 1 N–H and O–H groups in total. The third kappa shape index (κ3) is 3.14. The van der Waals surface area contributed by atoms with E-state index in [2.05, 4.69) is 34.6 Å². The molecule has 3 nitrogen and oxygen atoms in total. The smallest absolute Gasteiger partial charge is 0.183 e. The van der Waals surface area contributed by atoms with Gasteiger partial charge in [0.05, 0.1) is 11.5 Å². The van der Waals surface area contributed by atoms with Crippen LogP contribution in [0.5, 0.6) is 0 Å². The molecule has 0 amide bonds. The number of benzene rings is 1. The van der Waals surface area contributed by atoms with Gasteiger partial charge >= 0.3 is 0 Å². The number of hydrogen-bond donors (Lipinski definition) is 1. The maximum Gasteiger partial charge on any atom is 0.183 e. The van der Waals surface area contributed by atoms with E-state index in [1.165, 1.54) is 28.8 Å². The fourth-order valence-electron chi connectivity index (χ4n) is 2.09. The van der Waals surface area contributed by atoms with Crippen LogP contribution in [0.2, 0.25) is 0 Å². The third-order valence-electron chi connectivity index (χ3n) is 3.33. The number of methoxy groups -OCH3 is 1. The molecule has 1 heterocycles. The molecule has 1 aliphatic carbocycles. The molecule has 4 heteroatoms. The van der Waals surface area contributed by atoms with Crippen molar-refractivity contribution in [2.75, 3.05) is 25.6 Å². The summed E-state index contributed by atoms with van der Waals surface area (Å²) in [5, 5.41) is 4.21. The van der Waals surface area contributed by atoms with Crippen LogP contribution in [-0.2, 0) is 4.74 Å². The number of anilines is 1. The standard InChI is InChI=1S/C15H18N2OS/c1-18-9-8-16-15-17-10-14(19-15)13-6-4-12(5-7-13)11-2-3-11/h4-7,10-11H,2-3,8-9H2,1H3,(H,16,17). The number of nitrogens with zero attached hydrogens (tertiary/aromatic N) is 1. The first kappa shape index (κ1) is 12.6. The molecule has 0 atom stereocenters. The van der Waals surface area contributed by atoms with E-state index in [0.717, 1.165) is 17.6 Å². The van der Waals surface area contributed by atoms with E-state index in [1.54, 1.807) is 18.4 Å². The fourth-order valence-corrected chi connectivity index (χ4v) is 2.93. The van der Waals surface area contributed by atoms with Crippen molar-refractivity contribution in [3.63, 3.8) is 0 Å². The Bertz CT molecular complexity index is 531. The van der Waals surface area contributed by atoms with Gasteiger partial charge in [-0.1, -0.05) is 35.6 Å². The Morgan fingerprint density at radius 3 is 2.79 bits per heavy atom. The van der Waals surface area contributed by atoms with Crippen molar-refractivity contribution in [2.45, 2.75) is 18.8 Å². The Labute approximate surface area is 117 Å². The van der Waals surface area contributed by atoms with Gasteiger partial charge in [0.15, 0.2) is 5.13 Å².